The summed E-state index contributed by atoms with van der Waals surface area (Å²) < 4.78 is 0.858. The minimum absolute atomic E-state index is 0.0360. The first-order valence-corrected chi connectivity index (χ1v) is 8.10. The fourth-order valence-corrected chi connectivity index (χ4v) is 3.30. The van der Waals surface area contributed by atoms with Crippen LogP contribution < -0.4 is 4.90 Å². The molecule has 1 amide bonds. The van der Waals surface area contributed by atoms with E-state index < -0.39 is 0 Å². The van der Waals surface area contributed by atoms with Crippen molar-refractivity contribution in [2.24, 2.45) is 0 Å². The average molecular weight is 365 g/mol. The monoisotopic (exact) mass is 363 g/mol. The number of carbonyl (C=O) groups excluding carboxylic acids is 1. The first-order chi connectivity index (χ1) is 10.1. The topological polar surface area (TPSA) is 20.3 Å². The molecule has 0 atom stereocenters. The van der Waals surface area contributed by atoms with E-state index in [2.05, 4.69) is 28.9 Å². The zero-order valence-corrected chi connectivity index (χ0v) is 14.0. The van der Waals surface area contributed by atoms with Crippen molar-refractivity contribution in [3.05, 3.63) is 62.6 Å². The number of benzene rings is 2. The van der Waals surface area contributed by atoms with Crippen LogP contribution in [0.1, 0.15) is 27.9 Å². The molecule has 0 unspecified atom stereocenters. The molecule has 0 fully saturated rings. The number of aryl methyl sites for hydroxylation is 2. The Kier molecular flexibility index (Phi) is 4.05. The predicted octanol–water partition coefficient (Wildman–Crippen LogP) is 5.00. The van der Waals surface area contributed by atoms with Gasteiger partial charge in [0.2, 0.25) is 0 Å². The molecule has 0 radical (unpaired) electrons. The lowest BCUT2D eigenvalue weighted by Gasteiger charge is -2.30. The molecule has 1 heterocycles. The number of anilines is 1. The molecule has 3 rings (SSSR count). The summed E-state index contributed by atoms with van der Waals surface area (Å²) in [5.41, 5.74) is 4.01. The van der Waals surface area contributed by atoms with Crippen LogP contribution >= 0.6 is 27.5 Å². The minimum atomic E-state index is -0.0360. The van der Waals surface area contributed by atoms with Gasteiger partial charge in [-0.15, -0.1) is 0 Å². The third-order valence-electron chi connectivity index (χ3n) is 3.76. The SMILES string of the molecule is Cc1ccc2c(c1)CCCN2C(=O)c1cc(Br)ccc1Cl. The zero-order chi connectivity index (χ0) is 15.0. The lowest BCUT2D eigenvalue weighted by Crippen LogP contribution is -2.35. The van der Waals surface area contributed by atoms with Crippen LogP contribution in [-0.4, -0.2) is 12.5 Å². The number of nitrogens with zero attached hydrogens (tertiary/aromatic N) is 1. The second-order valence-corrected chi connectivity index (χ2v) is 6.64. The van der Waals surface area contributed by atoms with Crippen molar-refractivity contribution in [2.45, 2.75) is 19.8 Å². The number of hydrogen-bond donors (Lipinski definition) is 0. The largest absolute Gasteiger partial charge is 0.308 e. The van der Waals surface area contributed by atoms with Gasteiger partial charge in [-0.05, 0) is 49.6 Å². The van der Waals surface area contributed by atoms with Crippen molar-refractivity contribution in [3.8, 4) is 0 Å². The van der Waals surface area contributed by atoms with Gasteiger partial charge in [0, 0.05) is 16.7 Å². The summed E-state index contributed by atoms with van der Waals surface area (Å²) in [5.74, 6) is -0.0360. The van der Waals surface area contributed by atoms with Crippen LogP contribution in [0.2, 0.25) is 5.02 Å². The summed E-state index contributed by atoms with van der Waals surface area (Å²) in [5, 5.41) is 0.488. The van der Waals surface area contributed by atoms with Crippen molar-refractivity contribution >= 4 is 39.1 Å². The Balaban J connectivity index is 2.02. The molecule has 4 heteroatoms. The lowest BCUT2D eigenvalue weighted by molar-refractivity contribution is 0.0985. The molecule has 1 aliphatic heterocycles. The normalized spacial score (nSPS) is 14.0. The fraction of sp³-hybridized carbons (Fsp3) is 0.235. The zero-order valence-electron chi connectivity index (χ0n) is 11.7. The van der Waals surface area contributed by atoms with Gasteiger partial charge in [-0.2, -0.15) is 0 Å². The Morgan fingerprint density at radius 2 is 2.05 bits per heavy atom. The van der Waals surface area contributed by atoms with Gasteiger partial charge in [-0.3, -0.25) is 4.79 Å². The molecule has 2 nitrogen and oxygen atoms in total. The Labute approximate surface area is 137 Å². The Bertz CT molecular complexity index is 714. The van der Waals surface area contributed by atoms with E-state index in [1.807, 2.05) is 23.1 Å². The number of halogens is 2. The molecular weight excluding hydrogens is 350 g/mol. The molecule has 2 aromatic rings. The molecular formula is C17H15BrClNO. The van der Waals surface area contributed by atoms with Crippen LogP contribution in [0.3, 0.4) is 0 Å². The smallest absolute Gasteiger partial charge is 0.259 e. The van der Waals surface area contributed by atoms with Crippen LogP contribution in [0.25, 0.3) is 0 Å². The van der Waals surface area contributed by atoms with E-state index in [1.165, 1.54) is 11.1 Å². The molecule has 0 spiro atoms. The van der Waals surface area contributed by atoms with Gasteiger partial charge in [0.25, 0.3) is 5.91 Å². The molecule has 21 heavy (non-hydrogen) atoms. The van der Waals surface area contributed by atoms with E-state index in [4.69, 9.17) is 11.6 Å². The van der Waals surface area contributed by atoms with E-state index in [0.29, 0.717) is 10.6 Å². The van der Waals surface area contributed by atoms with Gasteiger partial charge in [0.15, 0.2) is 0 Å². The minimum Gasteiger partial charge on any atom is -0.308 e. The molecule has 2 aromatic carbocycles. The standard InChI is InChI=1S/C17H15BrClNO/c1-11-4-7-16-12(9-11)3-2-8-20(16)17(21)14-10-13(18)5-6-15(14)19/h4-7,9-10H,2-3,8H2,1H3. The second kappa shape index (κ2) is 5.82. The summed E-state index contributed by atoms with van der Waals surface area (Å²) in [6, 6.07) is 11.6. The average Bonchev–Trinajstić information content (AvgIpc) is 2.48. The third kappa shape index (κ3) is 2.85. The highest BCUT2D eigenvalue weighted by atomic mass is 79.9. The number of rotatable bonds is 1. The Morgan fingerprint density at radius 3 is 2.86 bits per heavy atom. The number of amides is 1. The first-order valence-electron chi connectivity index (χ1n) is 6.93. The van der Waals surface area contributed by atoms with E-state index in [1.54, 1.807) is 12.1 Å². The van der Waals surface area contributed by atoms with Crippen molar-refractivity contribution in [1.82, 2.24) is 0 Å². The van der Waals surface area contributed by atoms with Crippen LogP contribution in [0.5, 0.6) is 0 Å². The van der Waals surface area contributed by atoms with Gasteiger partial charge in [-0.1, -0.05) is 45.2 Å². The van der Waals surface area contributed by atoms with E-state index in [9.17, 15) is 4.79 Å². The molecule has 0 saturated carbocycles. The van der Waals surface area contributed by atoms with Crippen LogP contribution in [-0.2, 0) is 6.42 Å². The van der Waals surface area contributed by atoms with E-state index >= 15 is 0 Å². The summed E-state index contributed by atoms with van der Waals surface area (Å²) in [4.78, 5) is 14.7. The molecule has 0 aromatic heterocycles. The lowest BCUT2D eigenvalue weighted by atomic mass is 9.99. The molecule has 0 saturated heterocycles. The molecule has 0 bridgehead atoms. The van der Waals surface area contributed by atoms with Crippen LogP contribution in [0.15, 0.2) is 40.9 Å². The van der Waals surface area contributed by atoms with Gasteiger partial charge < -0.3 is 4.90 Å². The number of hydrogen-bond acceptors (Lipinski definition) is 1. The summed E-state index contributed by atoms with van der Waals surface area (Å²) in [6.07, 6.45) is 2.00. The number of fused-ring (bicyclic) bond motifs is 1. The van der Waals surface area contributed by atoms with Crippen LogP contribution in [0, 0.1) is 6.92 Å². The van der Waals surface area contributed by atoms with Crippen molar-refractivity contribution in [3.63, 3.8) is 0 Å². The van der Waals surface area contributed by atoms with Gasteiger partial charge in [0.1, 0.15) is 0 Å². The highest BCUT2D eigenvalue weighted by Crippen LogP contribution is 2.31. The maximum atomic E-state index is 12.8. The van der Waals surface area contributed by atoms with Crippen molar-refractivity contribution in [2.75, 3.05) is 11.4 Å². The molecule has 0 aliphatic carbocycles. The highest BCUT2D eigenvalue weighted by Gasteiger charge is 2.25. The van der Waals surface area contributed by atoms with Crippen LogP contribution in [0.4, 0.5) is 5.69 Å². The summed E-state index contributed by atoms with van der Waals surface area (Å²) >= 11 is 9.59. The summed E-state index contributed by atoms with van der Waals surface area (Å²) in [7, 11) is 0. The van der Waals surface area contributed by atoms with Gasteiger partial charge in [-0.25, -0.2) is 0 Å². The Hall–Kier alpha value is -1.32. The molecule has 1 aliphatic rings. The van der Waals surface area contributed by atoms with Gasteiger partial charge >= 0.3 is 0 Å². The molecule has 0 N–H and O–H groups in total. The maximum absolute atomic E-state index is 12.8. The van der Waals surface area contributed by atoms with E-state index in [0.717, 1.165) is 29.5 Å². The second-order valence-electron chi connectivity index (χ2n) is 5.32. The first kappa shape index (κ1) is 14.6. The summed E-state index contributed by atoms with van der Waals surface area (Å²) in [6.45, 7) is 2.81. The maximum Gasteiger partial charge on any atom is 0.259 e. The highest BCUT2D eigenvalue weighted by molar-refractivity contribution is 9.10. The Morgan fingerprint density at radius 1 is 1.24 bits per heavy atom. The quantitative estimate of drug-likeness (QED) is 0.697. The molecule has 108 valence electrons. The van der Waals surface area contributed by atoms with Gasteiger partial charge in [0.05, 0.1) is 10.6 Å². The van der Waals surface area contributed by atoms with E-state index in [-0.39, 0.29) is 5.91 Å². The predicted molar refractivity (Wildman–Crippen MR) is 90.3 cm³/mol. The third-order valence-corrected chi connectivity index (χ3v) is 4.58. The van der Waals surface area contributed by atoms with Crippen molar-refractivity contribution in [1.29, 1.82) is 0 Å². The fourth-order valence-electron chi connectivity index (χ4n) is 2.74. The number of carbonyl (C=O) groups is 1. The van der Waals surface area contributed by atoms with Crippen molar-refractivity contribution < 1.29 is 4.79 Å².